The monoisotopic (exact) mass is 416 g/mol. The highest BCUT2D eigenvalue weighted by molar-refractivity contribution is 7.12. The van der Waals surface area contributed by atoms with Gasteiger partial charge >= 0.3 is 0 Å². The van der Waals surface area contributed by atoms with Crippen LogP contribution in [0.3, 0.4) is 0 Å². The lowest BCUT2D eigenvalue weighted by Crippen LogP contribution is -2.32. The van der Waals surface area contributed by atoms with E-state index in [1.807, 2.05) is 32.1 Å². The fourth-order valence-electron chi connectivity index (χ4n) is 4.47. The number of nitrogens with zero attached hydrogens (tertiary/aromatic N) is 2. The molecule has 1 saturated heterocycles. The predicted octanol–water partition coefficient (Wildman–Crippen LogP) is 5.94. The molecule has 0 bridgehead atoms. The van der Waals surface area contributed by atoms with Crippen molar-refractivity contribution in [3.63, 3.8) is 0 Å². The van der Waals surface area contributed by atoms with Crippen LogP contribution in [0.2, 0.25) is 0 Å². The average Bonchev–Trinajstić information content (AvgIpc) is 3.16. The molecule has 0 spiro atoms. The van der Waals surface area contributed by atoms with Crippen molar-refractivity contribution in [1.82, 2.24) is 4.90 Å². The molecule has 0 saturated carbocycles. The topological polar surface area (TPSA) is 32.7 Å². The Kier molecular flexibility index (Phi) is 6.26. The molecule has 154 valence electrons. The summed E-state index contributed by atoms with van der Waals surface area (Å²) in [4.78, 5) is 20.8. The van der Waals surface area contributed by atoms with E-state index >= 15 is 0 Å². The van der Waals surface area contributed by atoms with Crippen molar-refractivity contribution in [2.45, 2.75) is 33.1 Å². The van der Waals surface area contributed by atoms with Crippen LogP contribution in [0.1, 0.15) is 53.1 Å². The number of likely N-dealkylation sites (tertiary alicyclic amines) is 1. The zero-order valence-corrected chi connectivity index (χ0v) is 18.6. The number of benzene rings is 1. The minimum Gasteiger partial charge on any atom is -0.297 e. The third-order valence-electron chi connectivity index (χ3n) is 5.79. The van der Waals surface area contributed by atoms with E-state index in [1.54, 1.807) is 11.3 Å². The molecule has 1 aromatic heterocycles. The lowest BCUT2D eigenvalue weighted by molar-refractivity contribution is 0.0997. The summed E-state index contributed by atoms with van der Waals surface area (Å²) in [5, 5.41) is 2.06. The largest absolute Gasteiger partial charge is 0.297 e. The van der Waals surface area contributed by atoms with Crippen LogP contribution in [0, 0.1) is 0 Å². The van der Waals surface area contributed by atoms with Crippen molar-refractivity contribution in [2.24, 2.45) is 4.99 Å². The minimum atomic E-state index is 0.242. The van der Waals surface area contributed by atoms with Gasteiger partial charge in [-0.15, -0.1) is 11.3 Å². The Morgan fingerprint density at radius 3 is 2.73 bits per heavy atom. The number of Topliss-reactive ketones (excluding diaryl/α,β-unsaturated/α-hetero) is 1. The molecule has 1 aliphatic heterocycles. The second kappa shape index (κ2) is 9.07. The summed E-state index contributed by atoms with van der Waals surface area (Å²) in [7, 11) is 0. The van der Waals surface area contributed by atoms with Gasteiger partial charge in [0.2, 0.25) is 0 Å². The summed E-state index contributed by atoms with van der Waals surface area (Å²) in [6.45, 7) is 10.9. The Bertz CT molecular complexity index is 1060. The Labute approximate surface area is 183 Å². The van der Waals surface area contributed by atoms with E-state index in [2.05, 4.69) is 46.1 Å². The molecule has 4 heteroatoms. The maximum atomic E-state index is 12.8. The van der Waals surface area contributed by atoms with E-state index in [9.17, 15) is 4.79 Å². The van der Waals surface area contributed by atoms with Crippen molar-refractivity contribution in [2.75, 3.05) is 19.6 Å². The van der Waals surface area contributed by atoms with Crippen molar-refractivity contribution in [3.8, 4) is 0 Å². The van der Waals surface area contributed by atoms with Gasteiger partial charge < -0.3 is 0 Å². The molecule has 1 aliphatic carbocycles. The van der Waals surface area contributed by atoms with Crippen molar-refractivity contribution >= 4 is 28.4 Å². The van der Waals surface area contributed by atoms with Crippen molar-refractivity contribution in [3.05, 3.63) is 87.3 Å². The number of rotatable bonds is 4. The molecule has 0 N–H and O–H groups in total. The maximum Gasteiger partial charge on any atom is 0.177 e. The first-order chi connectivity index (χ1) is 14.6. The van der Waals surface area contributed by atoms with Gasteiger partial charge in [0.25, 0.3) is 0 Å². The summed E-state index contributed by atoms with van der Waals surface area (Å²) >= 11 is 1.58. The number of hydrogen-bond donors (Lipinski definition) is 0. The summed E-state index contributed by atoms with van der Waals surface area (Å²) in [6, 6.07) is 10.6. The zero-order valence-electron chi connectivity index (χ0n) is 17.8. The molecule has 4 rings (SSSR count). The first kappa shape index (κ1) is 20.7. The van der Waals surface area contributed by atoms with E-state index in [4.69, 9.17) is 0 Å². The molecule has 0 atom stereocenters. The van der Waals surface area contributed by atoms with E-state index in [0.29, 0.717) is 6.42 Å². The third-order valence-corrected chi connectivity index (χ3v) is 6.74. The Hall–Kier alpha value is -2.56. The van der Waals surface area contributed by atoms with Gasteiger partial charge in [0.1, 0.15) is 0 Å². The SMILES string of the molecule is C=C(CN1CCC(=C2c3ccccc3CC(=O)c3sccc32)CC1)N=C(C)/C=C\C. The number of carbonyl (C=O) groups excluding carboxylic acids is 1. The first-order valence-electron chi connectivity index (χ1n) is 10.6. The Morgan fingerprint density at radius 2 is 1.97 bits per heavy atom. The summed E-state index contributed by atoms with van der Waals surface area (Å²) < 4.78 is 0. The summed E-state index contributed by atoms with van der Waals surface area (Å²) in [5.74, 6) is 0.242. The Morgan fingerprint density at radius 1 is 1.20 bits per heavy atom. The lowest BCUT2D eigenvalue weighted by atomic mass is 9.87. The molecule has 3 nitrogen and oxygen atoms in total. The zero-order chi connectivity index (χ0) is 21.1. The molecule has 0 amide bonds. The van der Waals surface area contributed by atoms with E-state index in [1.165, 1.54) is 16.7 Å². The molecule has 0 unspecified atom stereocenters. The predicted molar refractivity (Wildman–Crippen MR) is 128 cm³/mol. The number of thiophene rings is 1. The first-order valence-corrected chi connectivity index (χ1v) is 11.4. The van der Waals surface area contributed by atoms with Crippen LogP contribution in [0.5, 0.6) is 0 Å². The lowest BCUT2D eigenvalue weighted by Gasteiger charge is -2.30. The maximum absolute atomic E-state index is 12.8. The quantitative estimate of drug-likeness (QED) is 0.578. The van der Waals surface area contributed by atoms with Crippen LogP contribution >= 0.6 is 11.3 Å². The van der Waals surface area contributed by atoms with E-state index < -0.39 is 0 Å². The molecule has 30 heavy (non-hydrogen) atoms. The molecule has 2 aliphatic rings. The highest BCUT2D eigenvalue weighted by Gasteiger charge is 2.27. The van der Waals surface area contributed by atoms with Crippen LogP contribution in [-0.4, -0.2) is 36.0 Å². The standard InChI is InChI=1S/C26H28N2OS/c1-4-7-18(2)27-19(3)17-28-13-10-20(11-14-28)25-22-9-6-5-8-21(22)16-24(29)26-23(25)12-15-30-26/h4-9,12,15H,3,10-11,13-14,16-17H2,1-2H3/b7-4-,27-18?. The molecule has 2 aromatic rings. The van der Waals surface area contributed by atoms with Gasteiger partial charge in [-0.3, -0.25) is 14.7 Å². The second-order valence-corrected chi connectivity index (χ2v) is 8.91. The number of piperidine rings is 1. The van der Waals surface area contributed by atoms with Gasteiger partial charge in [-0.2, -0.15) is 0 Å². The van der Waals surface area contributed by atoms with Gasteiger partial charge in [0.05, 0.1) is 4.88 Å². The van der Waals surface area contributed by atoms with E-state index in [0.717, 1.165) is 59.9 Å². The molecule has 2 heterocycles. The number of ketones is 1. The Balaban J connectivity index is 1.59. The second-order valence-electron chi connectivity index (χ2n) is 7.99. The molecule has 1 fully saturated rings. The number of carbonyl (C=O) groups is 1. The minimum absolute atomic E-state index is 0.242. The van der Waals surface area contributed by atoms with Crippen LogP contribution in [0.15, 0.2) is 70.7 Å². The van der Waals surface area contributed by atoms with E-state index in [-0.39, 0.29) is 5.78 Å². The van der Waals surface area contributed by atoms with Crippen LogP contribution in [0.4, 0.5) is 0 Å². The van der Waals surface area contributed by atoms with Crippen LogP contribution in [-0.2, 0) is 6.42 Å². The fraction of sp³-hybridized carbons (Fsp3) is 0.308. The highest BCUT2D eigenvalue weighted by Crippen LogP contribution is 2.40. The third kappa shape index (κ3) is 4.30. The number of hydrogen-bond acceptors (Lipinski definition) is 4. The van der Waals surface area contributed by atoms with Gasteiger partial charge in [0.15, 0.2) is 5.78 Å². The van der Waals surface area contributed by atoms with Gasteiger partial charge in [-0.1, -0.05) is 42.5 Å². The van der Waals surface area contributed by atoms with Gasteiger partial charge in [0, 0.05) is 43.0 Å². The normalized spacial score (nSPS) is 17.8. The number of aliphatic imine (C=N–C) groups is 1. The summed E-state index contributed by atoms with van der Waals surface area (Å²) in [5.41, 5.74) is 8.19. The van der Waals surface area contributed by atoms with Crippen molar-refractivity contribution in [1.29, 1.82) is 0 Å². The molecular formula is C26H28N2OS. The van der Waals surface area contributed by atoms with Gasteiger partial charge in [-0.25, -0.2) is 0 Å². The average molecular weight is 417 g/mol. The smallest absolute Gasteiger partial charge is 0.177 e. The van der Waals surface area contributed by atoms with Crippen molar-refractivity contribution < 1.29 is 4.79 Å². The number of allylic oxidation sites excluding steroid dienone is 2. The van der Waals surface area contributed by atoms with Crippen LogP contribution in [0.25, 0.3) is 5.57 Å². The molecule has 1 aromatic carbocycles. The summed E-state index contributed by atoms with van der Waals surface area (Å²) in [6.07, 6.45) is 6.53. The number of fused-ring (bicyclic) bond motifs is 2. The van der Waals surface area contributed by atoms with Gasteiger partial charge in [-0.05, 0) is 60.9 Å². The van der Waals surface area contributed by atoms with Crippen LogP contribution < -0.4 is 0 Å². The fourth-order valence-corrected chi connectivity index (χ4v) is 5.31. The molecule has 0 radical (unpaired) electrons. The highest BCUT2D eigenvalue weighted by atomic mass is 32.1. The molecular weight excluding hydrogens is 388 g/mol.